The number of carbonyl (C=O) groups excluding carboxylic acids is 1. The molecule has 2 saturated heterocycles. The van der Waals surface area contributed by atoms with Crippen LogP contribution in [0.4, 0.5) is 0 Å². The summed E-state index contributed by atoms with van der Waals surface area (Å²) in [5.41, 5.74) is 0. The minimum Gasteiger partial charge on any atom is -0.379 e. The zero-order valence-electron chi connectivity index (χ0n) is 14.0. The summed E-state index contributed by atoms with van der Waals surface area (Å²) in [6, 6.07) is 0. The molecule has 24 heavy (non-hydrogen) atoms. The highest BCUT2D eigenvalue weighted by molar-refractivity contribution is 5.76. The monoisotopic (exact) mass is 338 g/mol. The molecule has 9 heteroatoms. The second kappa shape index (κ2) is 9.05. The molecule has 1 amide bonds. The van der Waals surface area contributed by atoms with Crippen LogP contribution in [0.5, 0.6) is 0 Å². The van der Waals surface area contributed by atoms with Crippen molar-refractivity contribution in [3.05, 3.63) is 6.33 Å². The van der Waals surface area contributed by atoms with E-state index >= 15 is 0 Å². The average Bonchev–Trinajstić information content (AvgIpc) is 3.01. The molecule has 134 valence electrons. The normalized spacial score (nSPS) is 23.2. The molecule has 2 fully saturated rings. The van der Waals surface area contributed by atoms with Crippen LogP contribution in [0.2, 0.25) is 0 Å². The molecule has 1 aromatic rings. The van der Waals surface area contributed by atoms with E-state index in [0.29, 0.717) is 19.5 Å². The maximum absolute atomic E-state index is 12.5. The van der Waals surface area contributed by atoms with Gasteiger partial charge in [-0.05, 0) is 23.3 Å². The van der Waals surface area contributed by atoms with Gasteiger partial charge < -0.3 is 14.4 Å². The number of amides is 1. The van der Waals surface area contributed by atoms with Gasteiger partial charge in [-0.3, -0.25) is 9.69 Å². The van der Waals surface area contributed by atoms with E-state index in [0.717, 1.165) is 58.8 Å². The van der Waals surface area contributed by atoms with Crippen molar-refractivity contribution in [3.63, 3.8) is 0 Å². The molecule has 2 aliphatic rings. The van der Waals surface area contributed by atoms with Crippen molar-refractivity contribution in [2.24, 2.45) is 0 Å². The number of morpholine rings is 1. The van der Waals surface area contributed by atoms with Crippen molar-refractivity contribution in [1.29, 1.82) is 0 Å². The molecule has 9 nitrogen and oxygen atoms in total. The van der Waals surface area contributed by atoms with Crippen LogP contribution in [0.15, 0.2) is 6.33 Å². The van der Waals surface area contributed by atoms with Crippen molar-refractivity contribution < 1.29 is 14.3 Å². The summed E-state index contributed by atoms with van der Waals surface area (Å²) < 4.78 is 13.0. The SMILES string of the molecule is O=C(CCCn1cnnn1)N1CCCOC(CN2CCOCC2)C1. The zero-order valence-corrected chi connectivity index (χ0v) is 14.0. The van der Waals surface area contributed by atoms with Gasteiger partial charge in [0, 0.05) is 52.3 Å². The number of rotatable bonds is 6. The minimum atomic E-state index is 0.0917. The quantitative estimate of drug-likeness (QED) is 0.685. The maximum atomic E-state index is 12.5. The topological polar surface area (TPSA) is 85.6 Å². The van der Waals surface area contributed by atoms with Gasteiger partial charge >= 0.3 is 0 Å². The fourth-order valence-corrected chi connectivity index (χ4v) is 3.14. The third-order valence-corrected chi connectivity index (χ3v) is 4.44. The molecule has 0 bridgehead atoms. The van der Waals surface area contributed by atoms with Gasteiger partial charge in [-0.2, -0.15) is 0 Å². The van der Waals surface area contributed by atoms with Gasteiger partial charge in [-0.1, -0.05) is 0 Å². The lowest BCUT2D eigenvalue weighted by Crippen LogP contribution is -2.45. The van der Waals surface area contributed by atoms with Crippen LogP contribution in [0.1, 0.15) is 19.3 Å². The predicted molar refractivity (Wildman–Crippen MR) is 85.2 cm³/mol. The van der Waals surface area contributed by atoms with Crippen LogP contribution in [-0.4, -0.2) is 94.6 Å². The lowest BCUT2D eigenvalue weighted by Gasteiger charge is -2.31. The average molecular weight is 338 g/mol. The largest absolute Gasteiger partial charge is 0.379 e. The van der Waals surface area contributed by atoms with E-state index in [1.807, 2.05) is 4.90 Å². The number of nitrogens with zero attached hydrogens (tertiary/aromatic N) is 6. The van der Waals surface area contributed by atoms with E-state index < -0.39 is 0 Å². The summed E-state index contributed by atoms with van der Waals surface area (Å²) in [4.78, 5) is 16.8. The van der Waals surface area contributed by atoms with Crippen LogP contribution in [0.3, 0.4) is 0 Å². The molecule has 0 radical (unpaired) electrons. The summed E-state index contributed by atoms with van der Waals surface area (Å²) in [6.45, 7) is 7.18. The van der Waals surface area contributed by atoms with Crippen LogP contribution < -0.4 is 0 Å². The fourth-order valence-electron chi connectivity index (χ4n) is 3.14. The molecule has 1 unspecified atom stereocenters. The Labute approximate surface area is 141 Å². The van der Waals surface area contributed by atoms with Gasteiger partial charge in [0.05, 0.1) is 19.3 Å². The minimum absolute atomic E-state index is 0.0917. The molecule has 1 aromatic heterocycles. The molecule has 0 aliphatic carbocycles. The van der Waals surface area contributed by atoms with E-state index in [4.69, 9.17) is 9.47 Å². The van der Waals surface area contributed by atoms with Crippen molar-refractivity contribution in [3.8, 4) is 0 Å². The van der Waals surface area contributed by atoms with Crippen LogP contribution >= 0.6 is 0 Å². The molecular weight excluding hydrogens is 312 g/mol. The summed E-state index contributed by atoms with van der Waals surface area (Å²) in [5.74, 6) is 0.195. The van der Waals surface area contributed by atoms with Gasteiger partial charge in [-0.15, -0.1) is 5.10 Å². The molecule has 0 aromatic carbocycles. The van der Waals surface area contributed by atoms with Crippen molar-refractivity contribution in [2.45, 2.75) is 31.9 Å². The number of ether oxygens (including phenoxy) is 2. The standard InChI is InChI=1S/C15H26N6O3/c22-15(3-1-5-21-13-16-17-18-21)20-4-2-8-24-14(12-20)11-19-6-9-23-10-7-19/h13-14H,1-12H2. The summed E-state index contributed by atoms with van der Waals surface area (Å²) in [5, 5.41) is 11.0. The Morgan fingerprint density at radius 1 is 1.21 bits per heavy atom. The number of hydrogen-bond donors (Lipinski definition) is 0. The van der Waals surface area contributed by atoms with Gasteiger partial charge in [0.2, 0.25) is 5.91 Å². The second-order valence-corrected chi connectivity index (χ2v) is 6.28. The maximum Gasteiger partial charge on any atom is 0.222 e. The van der Waals surface area contributed by atoms with Crippen molar-refractivity contribution in [1.82, 2.24) is 30.0 Å². The Hall–Kier alpha value is -1.58. The smallest absolute Gasteiger partial charge is 0.222 e. The lowest BCUT2D eigenvalue weighted by molar-refractivity contribution is -0.132. The highest BCUT2D eigenvalue weighted by atomic mass is 16.5. The van der Waals surface area contributed by atoms with E-state index in [9.17, 15) is 4.79 Å². The van der Waals surface area contributed by atoms with E-state index in [2.05, 4.69) is 20.4 Å². The Morgan fingerprint density at radius 2 is 2.08 bits per heavy atom. The molecule has 1 atom stereocenters. The molecule has 3 heterocycles. The van der Waals surface area contributed by atoms with Gasteiger partial charge in [0.1, 0.15) is 6.33 Å². The number of hydrogen-bond acceptors (Lipinski definition) is 7. The summed E-state index contributed by atoms with van der Waals surface area (Å²) in [6.07, 6.45) is 3.83. The first kappa shape index (κ1) is 17.2. The van der Waals surface area contributed by atoms with E-state index in [-0.39, 0.29) is 12.0 Å². The summed E-state index contributed by atoms with van der Waals surface area (Å²) in [7, 11) is 0. The van der Waals surface area contributed by atoms with Crippen LogP contribution in [0, 0.1) is 0 Å². The van der Waals surface area contributed by atoms with Gasteiger partial charge in [0.15, 0.2) is 0 Å². The Bertz CT molecular complexity index is 491. The first-order chi connectivity index (χ1) is 11.8. The van der Waals surface area contributed by atoms with Gasteiger partial charge in [0.25, 0.3) is 0 Å². The predicted octanol–water partition coefficient (Wildman–Crippen LogP) is -0.597. The summed E-state index contributed by atoms with van der Waals surface area (Å²) >= 11 is 0. The Balaban J connectivity index is 1.43. The molecule has 0 spiro atoms. The number of aryl methyl sites for hydroxylation is 1. The highest BCUT2D eigenvalue weighted by Gasteiger charge is 2.24. The Kier molecular flexibility index (Phi) is 6.50. The first-order valence-corrected chi connectivity index (χ1v) is 8.71. The van der Waals surface area contributed by atoms with Crippen LogP contribution in [-0.2, 0) is 20.8 Å². The Morgan fingerprint density at radius 3 is 2.88 bits per heavy atom. The fraction of sp³-hybridized carbons (Fsp3) is 0.867. The third-order valence-electron chi connectivity index (χ3n) is 4.44. The third kappa shape index (κ3) is 5.22. The van der Waals surface area contributed by atoms with Gasteiger partial charge in [-0.25, -0.2) is 4.68 Å². The van der Waals surface area contributed by atoms with Crippen LogP contribution in [0.25, 0.3) is 0 Å². The van der Waals surface area contributed by atoms with E-state index in [1.54, 1.807) is 11.0 Å². The molecule has 3 rings (SSSR count). The molecular formula is C15H26N6O3. The number of tetrazole rings is 1. The lowest BCUT2D eigenvalue weighted by atomic mass is 10.2. The molecule has 2 aliphatic heterocycles. The highest BCUT2D eigenvalue weighted by Crippen LogP contribution is 2.11. The zero-order chi connectivity index (χ0) is 16.6. The second-order valence-electron chi connectivity index (χ2n) is 6.28. The van der Waals surface area contributed by atoms with Crippen molar-refractivity contribution in [2.75, 3.05) is 52.5 Å². The molecule has 0 N–H and O–H groups in total. The van der Waals surface area contributed by atoms with E-state index in [1.165, 1.54) is 0 Å². The molecule has 0 saturated carbocycles. The number of aromatic nitrogens is 4. The van der Waals surface area contributed by atoms with Crippen molar-refractivity contribution >= 4 is 5.91 Å². The number of carbonyl (C=O) groups is 1. The first-order valence-electron chi connectivity index (χ1n) is 8.71.